The van der Waals surface area contributed by atoms with Gasteiger partial charge in [-0.15, -0.1) is 0 Å². The number of benzene rings is 1. The Bertz CT molecular complexity index is 386. The van der Waals surface area contributed by atoms with Crippen LogP contribution >= 0.6 is 0 Å². The average Bonchev–Trinajstić information content (AvgIpc) is 2.81. The van der Waals surface area contributed by atoms with Crippen LogP contribution in [0.3, 0.4) is 0 Å². The van der Waals surface area contributed by atoms with Crippen LogP contribution in [0.4, 0.5) is 4.39 Å². The highest BCUT2D eigenvalue weighted by Crippen LogP contribution is 2.19. The van der Waals surface area contributed by atoms with Crippen LogP contribution < -0.4 is 10.2 Å². The zero-order chi connectivity index (χ0) is 11.0. The largest absolute Gasteiger partial charge is 0.337 e. The fraction of sp³-hybridized carbons (Fsp3) is 0.538. The van der Waals surface area contributed by atoms with Crippen molar-refractivity contribution < 1.29 is 14.6 Å². The number of halogens is 1. The monoisotopic (exact) mass is 222 g/mol. The smallest absolute Gasteiger partial charge is 0.163 e. The first-order valence-electron chi connectivity index (χ1n) is 6.29. The lowest BCUT2D eigenvalue weighted by molar-refractivity contribution is -0.937. The quantitative estimate of drug-likeness (QED) is 0.646. The third-order valence-electron chi connectivity index (χ3n) is 3.99. The van der Waals surface area contributed by atoms with Crippen molar-refractivity contribution >= 4 is 0 Å². The van der Waals surface area contributed by atoms with Gasteiger partial charge in [-0.25, -0.2) is 4.39 Å². The van der Waals surface area contributed by atoms with Crippen molar-refractivity contribution in [3.8, 4) is 0 Å². The van der Waals surface area contributed by atoms with Crippen LogP contribution in [0.15, 0.2) is 18.2 Å². The van der Waals surface area contributed by atoms with Gasteiger partial charge < -0.3 is 10.2 Å². The number of hydrogen-bond acceptors (Lipinski definition) is 0. The van der Waals surface area contributed by atoms with E-state index in [9.17, 15) is 4.39 Å². The molecular weight excluding hydrogens is 203 g/mol. The molecular formula is C13H19FN2+2. The van der Waals surface area contributed by atoms with Gasteiger partial charge in [0.2, 0.25) is 0 Å². The van der Waals surface area contributed by atoms with Crippen LogP contribution in [0.5, 0.6) is 0 Å². The van der Waals surface area contributed by atoms with E-state index in [-0.39, 0.29) is 5.82 Å². The maximum absolute atomic E-state index is 13.2. The lowest BCUT2D eigenvalue weighted by atomic mass is 9.95. The number of rotatable bonds is 1. The van der Waals surface area contributed by atoms with Crippen LogP contribution in [0, 0.1) is 5.82 Å². The summed E-state index contributed by atoms with van der Waals surface area (Å²) >= 11 is 0. The third-order valence-corrected chi connectivity index (χ3v) is 3.99. The van der Waals surface area contributed by atoms with Crippen molar-refractivity contribution in [2.75, 3.05) is 19.6 Å². The molecule has 16 heavy (non-hydrogen) atoms. The van der Waals surface area contributed by atoms with Crippen molar-refractivity contribution in [3.05, 3.63) is 35.1 Å². The van der Waals surface area contributed by atoms with Gasteiger partial charge in [-0.3, -0.25) is 0 Å². The SMILES string of the molecule is Fc1ccc2c(c1)C[NH2+]C[C@@H]2[NH+]1CCCC1. The molecule has 0 bridgehead atoms. The Morgan fingerprint density at radius 2 is 2.06 bits per heavy atom. The van der Waals surface area contributed by atoms with Crippen molar-refractivity contribution in [2.45, 2.75) is 25.4 Å². The standard InChI is InChI=1S/C13H17FN2/c14-11-3-4-12-10(7-11)8-15-9-13(12)16-5-1-2-6-16/h3-4,7,13,15H,1-2,5-6,8-9H2/p+2/t13-/m0/s1. The van der Waals surface area contributed by atoms with E-state index in [2.05, 4.69) is 5.32 Å². The molecule has 0 aliphatic carbocycles. The average molecular weight is 222 g/mol. The second kappa shape index (κ2) is 4.15. The van der Waals surface area contributed by atoms with Crippen LogP contribution in [0.1, 0.15) is 30.0 Å². The minimum atomic E-state index is -0.0933. The summed E-state index contributed by atoms with van der Waals surface area (Å²) in [5, 5.41) is 2.32. The van der Waals surface area contributed by atoms with Crippen LogP contribution in [0.2, 0.25) is 0 Å². The molecule has 0 amide bonds. The zero-order valence-electron chi connectivity index (χ0n) is 9.51. The molecule has 2 aliphatic rings. The summed E-state index contributed by atoms with van der Waals surface area (Å²) < 4.78 is 13.2. The predicted molar refractivity (Wildman–Crippen MR) is 59.6 cm³/mol. The number of hydrogen-bond donors (Lipinski definition) is 2. The molecule has 1 saturated heterocycles. The number of likely N-dealkylation sites (tertiary alicyclic amines) is 1. The Labute approximate surface area is 95.4 Å². The first kappa shape index (κ1) is 10.2. The molecule has 3 N–H and O–H groups in total. The van der Waals surface area contributed by atoms with E-state index in [0.717, 1.165) is 13.1 Å². The van der Waals surface area contributed by atoms with Gasteiger partial charge in [0.15, 0.2) is 6.04 Å². The first-order valence-corrected chi connectivity index (χ1v) is 6.29. The van der Waals surface area contributed by atoms with Gasteiger partial charge in [0.25, 0.3) is 0 Å². The Kier molecular flexibility index (Phi) is 2.65. The Morgan fingerprint density at radius 3 is 2.88 bits per heavy atom. The van der Waals surface area contributed by atoms with Gasteiger partial charge in [-0.1, -0.05) is 0 Å². The molecule has 2 heterocycles. The van der Waals surface area contributed by atoms with Gasteiger partial charge in [0.1, 0.15) is 18.9 Å². The summed E-state index contributed by atoms with van der Waals surface area (Å²) in [5.74, 6) is -0.0933. The topological polar surface area (TPSA) is 21.1 Å². The Hall–Kier alpha value is -0.930. The summed E-state index contributed by atoms with van der Waals surface area (Å²) in [5.41, 5.74) is 2.59. The highest BCUT2D eigenvalue weighted by Gasteiger charge is 2.33. The predicted octanol–water partition coefficient (Wildman–Crippen LogP) is -0.377. The molecule has 1 fully saturated rings. The van der Waals surface area contributed by atoms with E-state index in [1.54, 1.807) is 17.0 Å². The van der Waals surface area contributed by atoms with E-state index in [1.165, 1.54) is 37.1 Å². The third kappa shape index (κ3) is 1.74. The fourth-order valence-corrected chi connectivity index (χ4v) is 3.19. The van der Waals surface area contributed by atoms with Gasteiger partial charge in [-0.2, -0.15) is 0 Å². The van der Waals surface area contributed by atoms with E-state index in [0.29, 0.717) is 6.04 Å². The number of quaternary nitrogens is 2. The van der Waals surface area contributed by atoms with E-state index in [4.69, 9.17) is 0 Å². The summed E-state index contributed by atoms with van der Waals surface area (Å²) in [6, 6.07) is 5.93. The van der Waals surface area contributed by atoms with E-state index >= 15 is 0 Å². The van der Waals surface area contributed by atoms with Gasteiger partial charge >= 0.3 is 0 Å². The molecule has 0 radical (unpaired) electrons. The Morgan fingerprint density at radius 1 is 1.25 bits per heavy atom. The minimum absolute atomic E-state index is 0.0933. The van der Waals surface area contributed by atoms with Crippen molar-refractivity contribution in [1.82, 2.24) is 0 Å². The molecule has 0 aromatic heterocycles. The molecule has 0 unspecified atom stereocenters. The molecule has 1 atom stereocenters. The molecule has 0 spiro atoms. The normalized spacial score (nSPS) is 25.7. The van der Waals surface area contributed by atoms with Gasteiger partial charge in [0.05, 0.1) is 13.1 Å². The molecule has 2 nitrogen and oxygen atoms in total. The van der Waals surface area contributed by atoms with E-state index in [1.807, 2.05) is 6.07 Å². The highest BCUT2D eigenvalue weighted by molar-refractivity contribution is 5.30. The maximum atomic E-state index is 13.2. The Balaban J connectivity index is 1.93. The molecule has 1 aromatic carbocycles. The lowest BCUT2D eigenvalue weighted by Crippen LogP contribution is -3.13. The highest BCUT2D eigenvalue weighted by atomic mass is 19.1. The number of nitrogens with two attached hydrogens (primary N) is 1. The zero-order valence-corrected chi connectivity index (χ0v) is 9.51. The molecule has 2 aliphatic heterocycles. The van der Waals surface area contributed by atoms with Crippen LogP contribution in [-0.4, -0.2) is 19.6 Å². The summed E-state index contributed by atoms with van der Waals surface area (Å²) in [4.78, 5) is 1.70. The van der Waals surface area contributed by atoms with Crippen LogP contribution in [0.25, 0.3) is 0 Å². The fourth-order valence-electron chi connectivity index (χ4n) is 3.19. The number of fused-ring (bicyclic) bond motifs is 1. The summed E-state index contributed by atoms with van der Waals surface area (Å²) in [6.45, 7) is 4.68. The van der Waals surface area contributed by atoms with Crippen molar-refractivity contribution in [2.24, 2.45) is 0 Å². The molecule has 0 saturated carbocycles. The van der Waals surface area contributed by atoms with Crippen molar-refractivity contribution in [3.63, 3.8) is 0 Å². The second-order valence-electron chi connectivity index (χ2n) is 4.99. The maximum Gasteiger partial charge on any atom is 0.163 e. The molecule has 3 rings (SSSR count). The summed E-state index contributed by atoms with van der Waals surface area (Å²) in [7, 11) is 0. The summed E-state index contributed by atoms with van der Waals surface area (Å²) in [6.07, 6.45) is 2.70. The molecule has 1 aromatic rings. The first-order chi connectivity index (χ1) is 7.84. The molecule has 3 heteroatoms. The second-order valence-corrected chi connectivity index (χ2v) is 4.99. The molecule has 86 valence electrons. The van der Waals surface area contributed by atoms with Crippen LogP contribution in [-0.2, 0) is 6.54 Å². The van der Waals surface area contributed by atoms with Crippen molar-refractivity contribution in [1.29, 1.82) is 0 Å². The number of nitrogens with one attached hydrogen (secondary N) is 1. The van der Waals surface area contributed by atoms with E-state index < -0.39 is 0 Å². The minimum Gasteiger partial charge on any atom is -0.337 e. The van der Waals surface area contributed by atoms with Gasteiger partial charge in [0, 0.05) is 24.0 Å². The van der Waals surface area contributed by atoms with Gasteiger partial charge in [-0.05, 0) is 18.2 Å². The lowest BCUT2D eigenvalue weighted by Gasteiger charge is -2.28.